The summed E-state index contributed by atoms with van der Waals surface area (Å²) in [5.74, 6) is -0.437. The normalized spacial score (nSPS) is 12.3. The van der Waals surface area contributed by atoms with Gasteiger partial charge in [-0.25, -0.2) is 9.18 Å². The summed E-state index contributed by atoms with van der Waals surface area (Å²) in [6.07, 6.45) is 1.98. The Morgan fingerprint density at radius 1 is 1.35 bits per heavy atom. The highest BCUT2D eigenvalue weighted by molar-refractivity contribution is 5.96. The Hall–Kier alpha value is -1.78. The van der Waals surface area contributed by atoms with Gasteiger partial charge in [-0.05, 0) is 37.8 Å². The number of hydrogen-bond acceptors (Lipinski definition) is 4. The number of anilines is 2. The van der Waals surface area contributed by atoms with Crippen molar-refractivity contribution in [1.82, 2.24) is 0 Å². The summed E-state index contributed by atoms with van der Waals surface area (Å²) in [6, 6.07) is 2.66. The van der Waals surface area contributed by atoms with Crippen molar-refractivity contribution < 1.29 is 13.9 Å². The molecule has 1 aromatic carbocycles. The van der Waals surface area contributed by atoms with Crippen molar-refractivity contribution in [1.29, 1.82) is 0 Å². The number of benzene rings is 1. The van der Waals surface area contributed by atoms with Crippen LogP contribution in [0.1, 0.15) is 44.0 Å². The lowest BCUT2D eigenvalue weighted by Gasteiger charge is -2.18. The zero-order valence-corrected chi connectivity index (χ0v) is 12.5. The van der Waals surface area contributed by atoms with E-state index in [1.807, 2.05) is 6.92 Å². The third kappa shape index (κ3) is 4.40. The second-order valence-corrected chi connectivity index (χ2v) is 5.43. The highest BCUT2D eigenvalue weighted by Gasteiger charge is 2.15. The summed E-state index contributed by atoms with van der Waals surface area (Å²) in [6.45, 7) is 6.27. The van der Waals surface area contributed by atoms with Crippen molar-refractivity contribution in [2.45, 2.75) is 39.7 Å². The van der Waals surface area contributed by atoms with E-state index in [2.05, 4.69) is 23.9 Å². The number of rotatable bonds is 6. The lowest BCUT2D eigenvalue weighted by molar-refractivity contribution is 0.0602. The van der Waals surface area contributed by atoms with Crippen molar-refractivity contribution in [2.24, 2.45) is 5.92 Å². The lowest BCUT2D eigenvalue weighted by Crippen LogP contribution is -2.18. The van der Waals surface area contributed by atoms with Crippen LogP contribution in [0.5, 0.6) is 0 Å². The minimum Gasteiger partial charge on any atom is -0.465 e. The maximum Gasteiger partial charge on any atom is 0.340 e. The van der Waals surface area contributed by atoms with Gasteiger partial charge < -0.3 is 15.8 Å². The molecule has 1 aromatic rings. The van der Waals surface area contributed by atoms with E-state index in [9.17, 15) is 9.18 Å². The number of halogens is 1. The molecule has 0 aliphatic carbocycles. The highest BCUT2D eigenvalue weighted by atomic mass is 19.1. The van der Waals surface area contributed by atoms with Crippen molar-refractivity contribution >= 4 is 17.3 Å². The van der Waals surface area contributed by atoms with Crippen LogP contribution in [0.25, 0.3) is 0 Å². The minimum absolute atomic E-state index is 0.0785. The molecular weight excluding hydrogens is 259 g/mol. The first-order chi connectivity index (χ1) is 9.35. The molecule has 4 nitrogen and oxygen atoms in total. The number of nitrogens with one attached hydrogen (secondary N) is 1. The van der Waals surface area contributed by atoms with Crippen LogP contribution in [0.15, 0.2) is 12.1 Å². The SMILES string of the molecule is COC(=O)c1cc(NC(C)CCC(C)C)c(F)cc1N. The molecule has 0 radical (unpaired) electrons. The van der Waals surface area contributed by atoms with Crippen LogP contribution in [0.4, 0.5) is 15.8 Å². The molecule has 0 heterocycles. The molecule has 1 rings (SSSR count). The van der Waals surface area contributed by atoms with Gasteiger partial charge in [-0.3, -0.25) is 0 Å². The van der Waals surface area contributed by atoms with Crippen LogP contribution in [-0.4, -0.2) is 19.1 Å². The molecule has 3 N–H and O–H groups in total. The van der Waals surface area contributed by atoms with Gasteiger partial charge in [-0.1, -0.05) is 13.8 Å². The summed E-state index contributed by atoms with van der Waals surface area (Å²) in [7, 11) is 1.27. The van der Waals surface area contributed by atoms with Crippen LogP contribution in [0.2, 0.25) is 0 Å². The van der Waals surface area contributed by atoms with Crippen molar-refractivity contribution in [2.75, 3.05) is 18.2 Å². The smallest absolute Gasteiger partial charge is 0.340 e. The van der Waals surface area contributed by atoms with Gasteiger partial charge in [-0.15, -0.1) is 0 Å². The van der Waals surface area contributed by atoms with Gasteiger partial charge >= 0.3 is 5.97 Å². The van der Waals surface area contributed by atoms with E-state index in [0.29, 0.717) is 5.92 Å². The molecular formula is C15H23FN2O2. The average molecular weight is 282 g/mol. The third-order valence-corrected chi connectivity index (χ3v) is 3.12. The number of methoxy groups -OCH3 is 1. The summed E-state index contributed by atoms with van der Waals surface area (Å²) in [5, 5.41) is 3.07. The van der Waals surface area contributed by atoms with Crippen LogP contribution in [0, 0.1) is 11.7 Å². The number of carbonyl (C=O) groups excluding carboxylic acids is 1. The first-order valence-corrected chi connectivity index (χ1v) is 6.79. The Morgan fingerprint density at radius 2 is 2.00 bits per heavy atom. The highest BCUT2D eigenvalue weighted by Crippen LogP contribution is 2.24. The number of nitrogens with two attached hydrogens (primary N) is 1. The molecule has 1 unspecified atom stereocenters. The summed E-state index contributed by atoms with van der Waals surface area (Å²) in [5.41, 5.74) is 6.15. The Kier molecular flexibility index (Phi) is 5.80. The average Bonchev–Trinajstić information content (AvgIpc) is 2.38. The number of hydrogen-bond donors (Lipinski definition) is 2. The summed E-state index contributed by atoms with van der Waals surface area (Å²) in [4.78, 5) is 11.5. The van der Waals surface area contributed by atoms with Gasteiger partial charge in [0.1, 0.15) is 5.82 Å². The quantitative estimate of drug-likeness (QED) is 0.619. The van der Waals surface area contributed by atoms with Gasteiger partial charge in [0.15, 0.2) is 0 Å². The van der Waals surface area contributed by atoms with Gasteiger partial charge in [-0.2, -0.15) is 0 Å². The zero-order chi connectivity index (χ0) is 15.3. The van der Waals surface area contributed by atoms with Crippen LogP contribution < -0.4 is 11.1 Å². The van der Waals surface area contributed by atoms with Crippen LogP contribution >= 0.6 is 0 Å². The number of esters is 1. The Bertz CT molecular complexity index is 475. The van der Waals surface area contributed by atoms with E-state index in [1.54, 1.807) is 0 Å². The van der Waals surface area contributed by atoms with Crippen molar-refractivity contribution in [3.63, 3.8) is 0 Å². The van der Waals surface area contributed by atoms with Gasteiger partial charge in [0.25, 0.3) is 0 Å². The fourth-order valence-electron chi connectivity index (χ4n) is 1.91. The van der Waals surface area contributed by atoms with E-state index in [0.717, 1.165) is 18.9 Å². The predicted octanol–water partition coefficient (Wildman–Crippen LogP) is 3.43. The summed E-state index contributed by atoms with van der Waals surface area (Å²) >= 11 is 0. The largest absolute Gasteiger partial charge is 0.465 e. The van der Waals surface area contributed by atoms with Crippen LogP contribution in [-0.2, 0) is 4.74 Å². The van der Waals surface area contributed by atoms with E-state index in [1.165, 1.54) is 13.2 Å². The van der Waals surface area contributed by atoms with E-state index >= 15 is 0 Å². The van der Waals surface area contributed by atoms with E-state index in [4.69, 9.17) is 5.73 Å². The molecule has 0 spiro atoms. The standard InChI is InChI=1S/C15H23FN2O2/c1-9(2)5-6-10(3)18-14-7-11(15(19)20-4)13(17)8-12(14)16/h7-10,18H,5-6,17H2,1-4H3. The zero-order valence-electron chi connectivity index (χ0n) is 12.5. The lowest BCUT2D eigenvalue weighted by atomic mass is 10.0. The summed E-state index contributed by atoms with van der Waals surface area (Å²) < 4.78 is 18.5. The molecule has 0 aliphatic rings. The molecule has 0 aromatic heterocycles. The number of nitrogen functional groups attached to an aromatic ring is 1. The molecule has 0 saturated carbocycles. The molecule has 20 heavy (non-hydrogen) atoms. The molecule has 0 amide bonds. The number of carbonyl (C=O) groups is 1. The molecule has 5 heteroatoms. The van der Waals surface area contributed by atoms with E-state index < -0.39 is 11.8 Å². The van der Waals surface area contributed by atoms with Gasteiger partial charge in [0.2, 0.25) is 0 Å². The first-order valence-electron chi connectivity index (χ1n) is 6.79. The molecule has 0 saturated heterocycles. The fourth-order valence-corrected chi connectivity index (χ4v) is 1.91. The maximum atomic E-state index is 13.9. The second kappa shape index (κ2) is 7.12. The topological polar surface area (TPSA) is 64.3 Å². The number of ether oxygens (including phenoxy) is 1. The van der Waals surface area contributed by atoms with Crippen molar-refractivity contribution in [3.8, 4) is 0 Å². The van der Waals surface area contributed by atoms with Gasteiger partial charge in [0, 0.05) is 11.7 Å². The Balaban J connectivity index is 2.86. The molecule has 112 valence electrons. The molecule has 0 aliphatic heterocycles. The predicted molar refractivity (Wildman–Crippen MR) is 79.3 cm³/mol. The Morgan fingerprint density at radius 3 is 2.55 bits per heavy atom. The molecule has 0 fully saturated rings. The third-order valence-electron chi connectivity index (χ3n) is 3.12. The van der Waals surface area contributed by atoms with E-state index in [-0.39, 0.29) is 23.0 Å². The molecule has 1 atom stereocenters. The van der Waals surface area contributed by atoms with Gasteiger partial charge in [0.05, 0.1) is 18.4 Å². The first kappa shape index (κ1) is 16.3. The fraction of sp³-hybridized carbons (Fsp3) is 0.533. The van der Waals surface area contributed by atoms with Crippen molar-refractivity contribution in [3.05, 3.63) is 23.5 Å². The molecule has 0 bridgehead atoms. The maximum absolute atomic E-state index is 13.9. The second-order valence-electron chi connectivity index (χ2n) is 5.43. The monoisotopic (exact) mass is 282 g/mol. The van der Waals surface area contributed by atoms with Crippen LogP contribution in [0.3, 0.4) is 0 Å². The minimum atomic E-state index is -0.569. The Labute approximate surface area is 119 Å².